The van der Waals surface area contributed by atoms with Gasteiger partial charge in [0.15, 0.2) is 9.84 Å². The number of hydrogen-bond acceptors (Lipinski definition) is 3. The zero-order valence-corrected chi connectivity index (χ0v) is 12.8. The summed E-state index contributed by atoms with van der Waals surface area (Å²) in [6.07, 6.45) is 5.69. The largest absolute Gasteiger partial charge is 0.312 e. The van der Waals surface area contributed by atoms with Crippen molar-refractivity contribution < 1.29 is 8.42 Å². The Labute approximate surface area is 121 Å². The molecular weight excluding hydrogens is 270 g/mol. The lowest BCUT2D eigenvalue weighted by molar-refractivity contribution is 0.467. The van der Waals surface area contributed by atoms with Gasteiger partial charge in [-0.15, -0.1) is 0 Å². The van der Waals surface area contributed by atoms with Crippen LogP contribution in [0.1, 0.15) is 49.3 Å². The molecule has 0 bridgehead atoms. The summed E-state index contributed by atoms with van der Waals surface area (Å²) in [4.78, 5) is 0. The van der Waals surface area contributed by atoms with Crippen molar-refractivity contribution in [3.05, 3.63) is 35.4 Å². The van der Waals surface area contributed by atoms with Crippen LogP contribution in [0.3, 0.4) is 0 Å². The average molecular weight is 293 g/mol. The minimum Gasteiger partial charge on any atom is -0.312 e. The summed E-state index contributed by atoms with van der Waals surface area (Å²) in [6.45, 7) is 0. The molecule has 2 unspecified atom stereocenters. The molecule has 110 valence electrons. The van der Waals surface area contributed by atoms with Gasteiger partial charge in [0.2, 0.25) is 0 Å². The van der Waals surface area contributed by atoms with Crippen LogP contribution in [0, 0.1) is 0 Å². The zero-order valence-electron chi connectivity index (χ0n) is 12.0. The normalized spacial score (nSPS) is 27.4. The average Bonchev–Trinajstić information content (AvgIpc) is 2.87. The monoisotopic (exact) mass is 293 g/mol. The van der Waals surface area contributed by atoms with Crippen molar-refractivity contribution >= 4 is 9.84 Å². The van der Waals surface area contributed by atoms with Gasteiger partial charge in [0.05, 0.1) is 10.5 Å². The van der Waals surface area contributed by atoms with E-state index in [1.54, 1.807) is 0 Å². The topological polar surface area (TPSA) is 46.2 Å². The Hall–Kier alpha value is -0.870. The number of hydrogen-bond donors (Lipinski definition) is 1. The molecule has 20 heavy (non-hydrogen) atoms. The predicted molar refractivity (Wildman–Crippen MR) is 81.5 cm³/mol. The number of nitrogens with one attached hydrogen (secondary N) is 1. The molecule has 2 aliphatic carbocycles. The summed E-state index contributed by atoms with van der Waals surface area (Å²) in [5.74, 6) is 0. The number of benzene rings is 1. The maximum absolute atomic E-state index is 13.0. The highest BCUT2D eigenvalue weighted by Gasteiger charge is 2.43. The Morgan fingerprint density at radius 1 is 1.10 bits per heavy atom. The fourth-order valence-electron chi connectivity index (χ4n) is 3.85. The number of fused-ring (bicyclic) bond motifs is 1. The van der Waals surface area contributed by atoms with Crippen LogP contribution >= 0.6 is 0 Å². The quantitative estimate of drug-likeness (QED) is 0.932. The highest BCUT2D eigenvalue weighted by Crippen LogP contribution is 2.39. The standard InChI is InChI=1S/C16H23NO2S/c1-17-16-14-10-6-5-7-12(14)11-15(16)20(18,19)13-8-3-2-4-9-13/h5-7,10,13,15-17H,2-4,8-9,11H2,1H3. The van der Waals surface area contributed by atoms with E-state index in [9.17, 15) is 8.42 Å². The van der Waals surface area contributed by atoms with E-state index in [2.05, 4.69) is 17.4 Å². The maximum atomic E-state index is 13.0. The maximum Gasteiger partial charge on any atom is 0.158 e. The Balaban J connectivity index is 1.91. The third-order valence-corrected chi connectivity index (χ3v) is 7.62. The molecule has 3 nitrogen and oxygen atoms in total. The van der Waals surface area contributed by atoms with E-state index in [0.717, 1.165) is 25.7 Å². The van der Waals surface area contributed by atoms with Gasteiger partial charge in [0.25, 0.3) is 0 Å². The summed E-state index contributed by atoms with van der Waals surface area (Å²) in [5, 5.41) is 2.83. The molecule has 0 radical (unpaired) electrons. The molecule has 1 N–H and O–H groups in total. The summed E-state index contributed by atoms with van der Waals surface area (Å²) >= 11 is 0. The Kier molecular flexibility index (Phi) is 3.87. The lowest BCUT2D eigenvalue weighted by Gasteiger charge is -2.28. The smallest absolute Gasteiger partial charge is 0.158 e. The van der Waals surface area contributed by atoms with Gasteiger partial charge in [0.1, 0.15) is 0 Å². The Morgan fingerprint density at radius 2 is 1.80 bits per heavy atom. The van der Waals surface area contributed by atoms with Gasteiger partial charge in [-0.2, -0.15) is 0 Å². The van der Waals surface area contributed by atoms with Crippen molar-refractivity contribution in [3.63, 3.8) is 0 Å². The van der Waals surface area contributed by atoms with Crippen LogP contribution in [0.5, 0.6) is 0 Å². The second-order valence-electron chi connectivity index (χ2n) is 6.06. The van der Waals surface area contributed by atoms with Crippen LogP contribution in [-0.2, 0) is 16.3 Å². The summed E-state index contributed by atoms with van der Waals surface area (Å²) in [7, 11) is -1.18. The Morgan fingerprint density at radius 3 is 2.50 bits per heavy atom. The first-order valence-electron chi connectivity index (χ1n) is 7.62. The molecule has 1 aromatic carbocycles. The molecular formula is C16H23NO2S. The van der Waals surface area contributed by atoms with Crippen LogP contribution in [-0.4, -0.2) is 26.0 Å². The van der Waals surface area contributed by atoms with E-state index in [1.807, 2.05) is 19.2 Å². The van der Waals surface area contributed by atoms with E-state index in [1.165, 1.54) is 17.5 Å². The molecule has 0 amide bonds. The van der Waals surface area contributed by atoms with Gasteiger partial charge in [-0.05, 0) is 37.4 Å². The fourth-order valence-corrected chi connectivity index (χ4v) is 6.41. The molecule has 1 saturated carbocycles. The molecule has 0 aromatic heterocycles. The third kappa shape index (κ3) is 2.29. The first kappa shape index (κ1) is 14.1. The van der Waals surface area contributed by atoms with Crippen molar-refractivity contribution in [3.8, 4) is 0 Å². The van der Waals surface area contributed by atoms with Gasteiger partial charge in [0, 0.05) is 6.04 Å². The number of sulfone groups is 1. The SMILES string of the molecule is CNC1c2ccccc2CC1S(=O)(=O)C1CCCCC1. The molecule has 2 aliphatic rings. The molecule has 0 heterocycles. The van der Waals surface area contributed by atoms with E-state index < -0.39 is 9.84 Å². The predicted octanol–water partition coefficient (Wildman–Crippen LogP) is 2.62. The van der Waals surface area contributed by atoms with Gasteiger partial charge < -0.3 is 5.32 Å². The van der Waals surface area contributed by atoms with Gasteiger partial charge >= 0.3 is 0 Å². The second kappa shape index (κ2) is 5.49. The molecule has 1 fully saturated rings. The fraction of sp³-hybridized carbons (Fsp3) is 0.625. The van der Waals surface area contributed by atoms with E-state index in [0.29, 0.717) is 6.42 Å². The van der Waals surface area contributed by atoms with Gasteiger partial charge in [-0.25, -0.2) is 8.42 Å². The number of rotatable bonds is 3. The van der Waals surface area contributed by atoms with Crippen molar-refractivity contribution in [2.24, 2.45) is 0 Å². The first-order chi connectivity index (χ1) is 9.64. The Bertz CT molecular complexity index is 576. The highest BCUT2D eigenvalue weighted by molar-refractivity contribution is 7.92. The van der Waals surface area contributed by atoms with E-state index >= 15 is 0 Å². The molecule has 4 heteroatoms. The minimum absolute atomic E-state index is 0.0434. The van der Waals surface area contributed by atoms with Crippen LogP contribution < -0.4 is 5.32 Å². The molecule has 2 atom stereocenters. The van der Waals surface area contributed by atoms with Crippen molar-refractivity contribution in [1.29, 1.82) is 0 Å². The third-order valence-electron chi connectivity index (χ3n) is 4.93. The summed E-state index contributed by atoms with van der Waals surface area (Å²) < 4.78 is 26.0. The zero-order chi connectivity index (χ0) is 14.2. The molecule has 0 aliphatic heterocycles. The molecule has 3 rings (SSSR count). The van der Waals surface area contributed by atoms with Crippen LogP contribution in [0.25, 0.3) is 0 Å². The first-order valence-corrected chi connectivity index (χ1v) is 9.23. The lowest BCUT2D eigenvalue weighted by atomic mass is 10.0. The summed E-state index contributed by atoms with van der Waals surface area (Å²) in [5.41, 5.74) is 2.36. The second-order valence-corrected chi connectivity index (χ2v) is 8.51. The molecule has 0 saturated heterocycles. The van der Waals surface area contributed by atoms with Crippen molar-refractivity contribution in [2.45, 2.75) is 55.1 Å². The molecule has 0 spiro atoms. The summed E-state index contributed by atoms with van der Waals surface area (Å²) in [6, 6.07) is 8.08. The molecule has 1 aromatic rings. The van der Waals surface area contributed by atoms with Gasteiger partial charge in [-0.3, -0.25) is 0 Å². The lowest BCUT2D eigenvalue weighted by Crippen LogP contribution is -2.39. The highest BCUT2D eigenvalue weighted by atomic mass is 32.2. The van der Waals surface area contributed by atoms with Crippen molar-refractivity contribution in [1.82, 2.24) is 5.32 Å². The van der Waals surface area contributed by atoms with Crippen LogP contribution in [0.2, 0.25) is 0 Å². The van der Waals surface area contributed by atoms with Crippen LogP contribution in [0.15, 0.2) is 24.3 Å². The van der Waals surface area contributed by atoms with E-state index in [-0.39, 0.29) is 16.5 Å². The van der Waals surface area contributed by atoms with Gasteiger partial charge in [-0.1, -0.05) is 43.5 Å². The van der Waals surface area contributed by atoms with Crippen molar-refractivity contribution in [2.75, 3.05) is 7.05 Å². The van der Waals surface area contributed by atoms with Crippen LogP contribution in [0.4, 0.5) is 0 Å². The minimum atomic E-state index is -3.05. The van der Waals surface area contributed by atoms with E-state index in [4.69, 9.17) is 0 Å².